The molecule has 2 rings (SSSR count). The van der Waals surface area contributed by atoms with Crippen LogP contribution in [0.15, 0.2) is 24.3 Å². The van der Waals surface area contributed by atoms with Crippen LogP contribution >= 0.6 is 0 Å². The van der Waals surface area contributed by atoms with E-state index >= 15 is 0 Å². The highest BCUT2D eigenvalue weighted by Crippen LogP contribution is 2.27. The summed E-state index contributed by atoms with van der Waals surface area (Å²) in [5.41, 5.74) is 7.35. The zero-order chi connectivity index (χ0) is 9.97. The van der Waals surface area contributed by atoms with E-state index in [0.29, 0.717) is 12.2 Å². The standard InChI is InChI=1S/C10H12N2O2/c11-8-4-2-1-3-7(8)9-5-6-12-10(13)14-9/h1-4,9H,5-6,11H2,(H,12,13). The predicted molar refractivity (Wildman–Crippen MR) is 52.7 cm³/mol. The summed E-state index contributed by atoms with van der Waals surface area (Å²) in [7, 11) is 0. The molecule has 1 saturated heterocycles. The number of carbonyl (C=O) groups is 1. The lowest BCUT2D eigenvalue weighted by molar-refractivity contribution is 0.0743. The number of nitrogens with two attached hydrogens (primary N) is 1. The second kappa shape index (κ2) is 3.57. The molecule has 4 nitrogen and oxygen atoms in total. The Balaban J connectivity index is 2.22. The zero-order valence-corrected chi connectivity index (χ0v) is 7.69. The summed E-state index contributed by atoms with van der Waals surface area (Å²) >= 11 is 0. The van der Waals surface area contributed by atoms with Gasteiger partial charge in [0.15, 0.2) is 0 Å². The molecule has 3 N–H and O–H groups in total. The largest absolute Gasteiger partial charge is 0.441 e. The fourth-order valence-electron chi connectivity index (χ4n) is 1.56. The summed E-state index contributed by atoms with van der Waals surface area (Å²) < 4.78 is 5.12. The Labute approximate surface area is 82.1 Å². The van der Waals surface area contributed by atoms with E-state index in [9.17, 15) is 4.79 Å². The maximum atomic E-state index is 11.0. The van der Waals surface area contributed by atoms with Gasteiger partial charge in [-0.1, -0.05) is 18.2 Å². The van der Waals surface area contributed by atoms with Gasteiger partial charge in [-0.05, 0) is 6.07 Å². The normalized spacial score (nSPS) is 21.1. The molecule has 0 spiro atoms. The average Bonchev–Trinajstić information content (AvgIpc) is 2.18. The lowest BCUT2D eigenvalue weighted by Gasteiger charge is -2.24. The summed E-state index contributed by atoms with van der Waals surface area (Å²) in [5, 5.41) is 2.60. The van der Waals surface area contributed by atoms with Gasteiger partial charge in [0.2, 0.25) is 0 Å². The molecular formula is C10H12N2O2. The van der Waals surface area contributed by atoms with Gasteiger partial charge in [0.1, 0.15) is 6.10 Å². The third kappa shape index (κ3) is 1.64. The number of anilines is 1. The fraction of sp³-hybridized carbons (Fsp3) is 0.300. The highest BCUT2D eigenvalue weighted by atomic mass is 16.6. The van der Waals surface area contributed by atoms with Crippen molar-refractivity contribution in [1.82, 2.24) is 5.32 Å². The minimum absolute atomic E-state index is 0.204. The molecule has 1 fully saturated rings. The molecule has 1 unspecified atom stereocenters. The number of hydrogen-bond acceptors (Lipinski definition) is 3. The Morgan fingerprint density at radius 1 is 1.43 bits per heavy atom. The predicted octanol–water partition coefficient (Wildman–Crippen LogP) is 1.44. The van der Waals surface area contributed by atoms with Crippen molar-refractivity contribution in [1.29, 1.82) is 0 Å². The second-order valence-electron chi connectivity index (χ2n) is 3.24. The van der Waals surface area contributed by atoms with Crippen molar-refractivity contribution >= 4 is 11.8 Å². The van der Waals surface area contributed by atoms with Crippen LogP contribution in [0.5, 0.6) is 0 Å². The first kappa shape index (κ1) is 8.87. The van der Waals surface area contributed by atoms with Crippen molar-refractivity contribution in [3.05, 3.63) is 29.8 Å². The Morgan fingerprint density at radius 2 is 2.21 bits per heavy atom. The topological polar surface area (TPSA) is 64.3 Å². The second-order valence-corrected chi connectivity index (χ2v) is 3.24. The number of amides is 1. The van der Waals surface area contributed by atoms with E-state index in [1.54, 1.807) is 0 Å². The van der Waals surface area contributed by atoms with E-state index in [1.807, 2.05) is 24.3 Å². The van der Waals surface area contributed by atoms with E-state index in [0.717, 1.165) is 12.0 Å². The average molecular weight is 192 g/mol. The molecule has 1 atom stereocenters. The SMILES string of the molecule is Nc1ccccc1C1CCNC(=O)O1. The number of nitrogens with one attached hydrogen (secondary N) is 1. The van der Waals surface area contributed by atoms with Crippen LogP contribution in [0.25, 0.3) is 0 Å². The van der Waals surface area contributed by atoms with Gasteiger partial charge in [-0.3, -0.25) is 0 Å². The van der Waals surface area contributed by atoms with Gasteiger partial charge >= 0.3 is 6.09 Å². The Bertz CT molecular complexity index is 352. The van der Waals surface area contributed by atoms with Crippen molar-refractivity contribution in [2.75, 3.05) is 12.3 Å². The minimum atomic E-state index is -0.371. The number of alkyl carbamates (subject to hydrolysis) is 1. The van der Waals surface area contributed by atoms with E-state index in [2.05, 4.69) is 5.32 Å². The fourth-order valence-corrected chi connectivity index (χ4v) is 1.56. The number of nitrogen functional groups attached to an aromatic ring is 1. The van der Waals surface area contributed by atoms with Crippen LogP contribution in [0.3, 0.4) is 0 Å². The number of carbonyl (C=O) groups excluding carboxylic acids is 1. The molecular weight excluding hydrogens is 180 g/mol. The van der Waals surface area contributed by atoms with E-state index in [4.69, 9.17) is 10.5 Å². The molecule has 14 heavy (non-hydrogen) atoms. The van der Waals surface area contributed by atoms with Gasteiger partial charge in [0, 0.05) is 24.2 Å². The maximum absolute atomic E-state index is 11.0. The number of benzene rings is 1. The van der Waals surface area contributed by atoms with E-state index in [-0.39, 0.29) is 12.2 Å². The highest BCUT2D eigenvalue weighted by Gasteiger charge is 2.22. The Kier molecular flexibility index (Phi) is 2.26. The molecule has 1 aromatic rings. The first-order chi connectivity index (χ1) is 6.77. The Hall–Kier alpha value is -1.71. The number of rotatable bonds is 1. The summed E-state index contributed by atoms with van der Waals surface area (Å²) in [6, 6.07) is 7.45. The third-order valence-corrected chi connectivity index (χ3v) is 2.27. The van der Waals surface area contributed by atoms with Crippen molar-refractivity contribution < 1.29 is 9.53 Å². The van der Waals surface area contributed by atoms with Crippen molar-refractivity contribution in [3.8, 4) is 0 Å². The molecule has 0 aromatic heterocycles. The van der Waals surface area contributed by atoms with Crippen LogP contribution in [0.4, 0.5) is 10.5 Å². The number of para-hydroxylation sites is 1. The summed E-state index contributed by atoms with van der Waals surface area (Å²) in [5.74, 6) is 0. The molecule has 1 aliphatic rings. The lowest BCUT2D eigenvalue weighted by Crippen LogP contribution is -2.34. The van der Waals surface area contributed by atoms with Gasteiger partial charge < -0.3 is 15.8 Å². The monoisotopic (exact) mass is 192 g/mol. The number of cyclic esters (lactones) is 1. The van der Waals surface area contributed by atoms with Crippen LogP contribution < -0.4 is 11.1 Å². The molecule has 1 heterocycles. The molecule has 0 bridgehead atoms. The molecule has 1 aliphatic heterocycles. The van der Waals surface area contributed by atoms with Gasteiger partial charge in [-0.2, -0.15) is 0 Å². The molecule has 4 heteroatoms. The Morgan fingerprint density at radius 3 is 2.93 bits per heavy atom. The van der Waals surface area contributed by atoms with Gasteiger partial charge in [-0.15, -0.1) is 0 Å². The summed E-state index contributed by atoms with van der Waals surface area (Å²) in [6.45, 7) is 0.637. The van der Waals surface area contributed by atoms with Crippen molar-refractivity contribution in [3.63, 3.8) is 0 Å². The van der Waals surface area contributed by atoms with Crippen LogP contribution in [-0.4, -0.2) is 12.6 Å². The van der Waals surface area contributed by atoms with Crippen molar-refractivity contribution in [2.45, 2.75) is 12.5 Å². The van der Waals surface area contributed by atoms with Gasteiger partial charge in [0.25, 0.3) is 0 Å². The molecule has 1 amide bonds. The van der Waals surface area contributed by atoms with Crippen molar-refractivity contribution in [2.24, 2.45) is 0 Å². The molecule has 0 saturated carbocycles. The maximum Gasteiger partial charge on any atom is 0.407 e. The van der Waals surface area contributed by atoms with Gasteiger partial charge in [0.05, 0.1) is 0 Å². The molecule has 0 aliphatic carbocycles. The van der Waals surface area contributed by atoms with Crippen LogP contribution in [0.1, 0.15) is 18.1 Å². The highest BCUT2D eigenvalue weighted by molar-refractivity contribution is 5.68. The van der Waals surface area contributed by atoms with Crippen LogP contribution in [-0.2, 0) is 4.74 Å². The van der Waals surface area contributed by atoms with Crippen LogP contribution in [0.2, 0.25) is 0 Å². The zero-order valence-electron chi connectivity index (χ0n) is 7.69. The lowest BCUT2D eigenvalue weighted by atomic mass is 10.0. The number of ether oxygens (including phenoxy) is 1. The first-order valence-corrected chi connectivity index (χ1v) is 4.56. The molecule has 74 valence electrons. The molecule has 1 aromatic carbocycles. The van der Waals surface area contributed by atoms with E-state index < -0.39 is 0 Å². The smallest absolute Gasteiger partial charge is 0.407 e. The molecule has 0 radical (unpaired) electrons. The third-order valence-electron chi connectivity index (χ3n) is 2.27. The number of hydrogen-bond donors (Lipinski definition) is 2. The quantitative estimate of drug-likeness (QED) is 0.662. The van der Waals surface area contributed by atoms with E-state index in [1.165, 1.54) is 0 Å². The first-order valence-electron chi connectivity index (χ1n) is 4.56. The van der Waals surface area contributed by atoms with Gasteiger partial charge in [-0.25, -0.2) is 4.79 Å². The summed E-state index contributed by atoms with van der Waals surface area (Å²) in [6.07, 6.45) is 0.189. The van der Waals surface area contributed by atoms with Crippen LogP contribution in [0, 0.1) is 0 Å². The minimum Gasteiger partial charge on any atom is -0.441 e. The summed E-state index contributed by atoms with van der Waals surface area (Å²) in [4.78, 5) is 11.0.